The van der Waals surface area contributed by atoms with Crippen LogP contribution in [0.1, 0.15) is 41.4 Å². The van der Waals surface area contributed by atoms with Crippen LogP contribution in [0.5, 0.6) is 5.75 Å². The number of carbonyl (C=O) groups is 1. The van der Waals surface area contributed by atoms with Crippen LogP contribution in [-0.2, 0) is 0 Å². The summed E-state index contributed by atoms with van der Waals surface area (Å²) in [6.45, 7) is 5.76. The van der Waals surface area contributed by atoms with E-state index in [2.05, 4.69) is 5.16 Å². The maximum absolute atomic E-state index is 10.8. The number of aromatic carboxylic acids is 1. The van der Waals surface area contributed by atoms with E-state index in [0.29, 0.717) is 16.8 Å². The van der Waals surface area contributed by atoms with Crippen molar-refractivity contribution in [3.8, 4) is 17.0 Å². The highest BCUT2D eigenvalue weighted by Gasteiger charge is 2.20. The summed E-state index contributed by atoms with van der Waals surface area (Å²) >= 11 is 0. The lowest BCUT2D eigenvalue weighted by Crippen LogP contribution is -1.95. The van der Waals surface area contributed by atoms with Gasteiger partial charge in [-0.1, -0.05) is 31.1 Å². The molecule has 2 aromatic rings. The number of phenols is 1. The average Bonchev–Trinajstić information content (AvgIpc) is 2.81. The standard InChI is InChI=1S/C14H15NO4/c1-7(2)9-5-4-8(3)13(16)12(9)10-6-11(14(17)18)19-15-10/h4-7,16H,1-3H3,(H,17,18). The maximum atomic E-state index is 10.8. The number of carboxylic acids is 1. The lowest BCUT2D eigenvalue weighted by molar-refractivity contribution is 0.0652. The van der Waals surface area contributed by atoms with Gasteiger partial charge in [0.05, 0.1) is 0 Å². The van der Waals surface area contributed by atoms with E-state index in [1.165, 1.54) is 6.07 Å². The van der Waals surface area contributed by atoms with Crippen molar-refractivity contribution >= 4 is 5.97 Å². The Labute approximate surface area is 110 Å². The molecule has 1 heterocycles. The number of rotatable bonds is 3. The van der Waals surface area contributed by atoms with Crippen molar-refractivity contribution in [3.63, 3.8) is 0 Å². The first-order chi connectivity index (χ1) is 8.91. The highest BCUT2D eigenvalue weighted by atomic mass is 16.5. The second-order valence-corrected chi connectivity index (χ2v) is 4.73. The smallest absolute Gasteiger partial charge is 0.374 e. The summed E-state index contributed by atoms with van der Waals surface area (Å²) in [6, 6.07) is 5.05. The molecule has 100 valence electrons. The Hall–Kier alpha value is -2.30. The molecule has 0 aliphatic carbocycles. The Bertz CT molecular complexity index is 628. The number of phenolic OH excluding ortho intramolecular Hbond substituents is 1. The zero-order valence-electron chi connectivity index (χ0n) is 11.0. The second-order valence-electron chi connectivity index (χ2n) is 4.73. The summed E-state index contributed by atoms with van der Waals surface area (Å²) < 4.78 is 4.75. The molecule has 0 unspecified atom stereocenters. The van der Waals surface area contributed by atoms with Gasteiger partial charge in [0.15, 0.2) is 0 Å². The molecule has 1 aromatic carbocycles. The third kappa shape index (κ3) is 2.31. The van der Waals surface area contributed by atoms with Gasteiger partial charge in [-0.15, -0.1) is 0 Å². The summed E-state index contributed by atoms with van der Waals surface area (Å²) in [5.74, 6) is -1.15. The van der Waals surface area contributed by atoms with Crippen molar-refractivity contribution in [2.45, 2.75) is 26.7 Å². The normalized spacial score (nSPS) is 10.9. The summed E-state index contributed by atoms with van der Waals surface area (Å²) in [7, 11) is 0. The third-order valence-corrected chi connectivity index (χ3v) is 3.01. The average molecular weight is 261 g/mol. The fourth-order valence-corrected chi connectivity index (χ4v) is 1.96. The fourth-order valence-electron chi connectivity index (χ4n) is 1.96. The Morgan fingerprint density at radius 2 is 2.05 bits per heavy atom. The van der Waals surface area contributed by atoms with Crippen LogP contribution >= 0.6 is 0 Å². The van der Waals surface area contributed by atoms with Crippen molar-refractivity contribution in [2.24, 2.45) is 0 Å². The molecule has 0 bridgehead atoms. The van der Waals surface area contributed by atoms with Crippen LogP contribution in [0.2, 0.25) is 0 Å². The quantitative estimate of drug-likeness (QED) is 0.886. The Kier molecular flexibility index (Phi) is 3.29. The van der Waals surface area contributed by atoms with Crippen molar-refractivity contribution in [1.29, 1.82) is 0 Å². The first-order valence-corrected chi connectivity index (χ1v) is 5.94. The zero-order chi connectivity index (χ0) is 14.2. The molecule has 5 heteroatoms. The van der Waals surface area contributed by atoms with Crippen LogP contribution in [0.15, 0.2) is 22.7 Å². The number of hydrogen-bond acceptors (Lipinski definition) is 4. The number of nitrogens with zero attached hydrogens (tertiary/aromatic N) is 1. The minimum atomic E-state index is -1.18. The SMILES string of the molecule is Cc1ccc(C(C)C)c(-c2cc(C(=O)O)on2)c1O. The molecule has 0 saturated heterocycles. The van der Waals surface area contributed by atoms with Gasteiger partial charge in [0.2, 0.25) is 5.76 Å². The Morgan fingerprint density at radius 1 is 1.37 bits per heavy atom. The molecule has 0 aliphatic rings. The molecule has 0 amide bonds. The van der Waals surface area contributed by atoms with Crippen LogP contribution in [-0.4, -0.2) is 21.3 Å². The number of aryl methyl sites for hydroxylation is 1. The van der Waals surface area contributed by atoms with Gasteiger partial charge in [0, 0.05) is 11.6 Å². The Balaban J connectivity index is 2.65. The van der Waals surface area contributed by atoms with Crippen LogP contribution in [0.4, 0.5) is 0 Å². The van der Waals surface area contributed by atoms with E-state index in [0.717, 1.165) is 5.56 Å². The molecular weight excluding hydrogens is 246 g/mol. The predicted octanol–water partition coefficient (Wildman–Crippen LogP) is 3.18. The molecule has 0 saturated carbocycles. The van der Waals surface area contributed by atoms with Gasteiger partial charge in [-0.3, -0.25) is 0 Å². The third-order valence-electron chi connectivity index (χ3n) is 3.01. The topological polar surface area (TPSA) is 83.6 Å². The number of carboxylic acid groups (broad SMARTS) is 1. The van der Waals surface area contributed by atoms with Gasteiger partial charge in [-0.05, 0) is 24.0 Å². The first-order valence-electron chi connectivity index (χ1n) is 5.94. The summed E-state index contributed by atoms with van der Waals surface area (Å²) in [4.78, 5) is 10.8. The predicted molar refractivity (Wildman–Crippen MR) is 69.4 cm³/mol. The van der Waals surface area contributed by atoms with Gasteiger partial charge >= 0.3 is 5.97 Å². The molecule has 0 fully saturated rings. The highest BCUT2D eigenvalue weighted by Crippen LogP contribution is 2.38. The number of hydrogen-bond donors (Lipinski definition) is 2. The molecule has 0 aliphatic heterocycles. The molecular formula is C14H15NO4. The van der Waals surface area contributed by atoms with E-state index >= 15 is 0 Å². The monoisotopic (exact) mass is 261 g/mol. The van der Waals surface area contributed by atoms with E-state index in [1.807, 2.05) is 26.0 Å². The van der Waals surface area contributed by atoms with Crippen LogP contribution in [0.3, 0.4) is 0 Å². The van der Waals surface area contributed by atoms with Crippen molar-refractivity contribution in [1.82, 2.24) is 5.16 Å². The van der Waals surface area contributed by atoms with Crippen molar-refractivity contribution in [3.05, 3.63) is 35.1 Å². The molecule has 0 radical (unpaired) electrons. The molecule has 2 N–H and O–H groups in total. The van der Waals surface area contributed by atoms with E-state index in [4.69, 9.17) is 9.63 Å². The van der Waals surface area contributed by atoms with Gasteiger partial charge in [0.25, 0.3) is 0 Å². The number of benzene rings is 1. The van der Waals surface area contributed by atoms with Crippen molar-refractivity contribution < 1.29 is 19.5 Å². The van der Waals surface area contributed by atoms with Gasteiger partial charge < -0.3 is 14.7 Å². The Morgan fingerprint density at radius 3 is 2.58 bits per heavy atom. The number of aromatic hydroxyl groups is 1. The molecule has 0 atom stereocenters. The summed E-state index contributed by atoms with van der Waals surface area (Å²) in [5.41, 5.74) is 2.47. The molecule has 2 rings (SSSR count). The highest BCUT2D eigenvalue weighted by molar-refractivity contribution is 5.86. The first kappa shape index (κ1) is 13.1. The van der Waals surface area contributed by atoms with Crippen LogP contribution in [0.25, 0.3) is 11.3 Å². The van der Waals surface area contributed by atoms with Crippen molar-refractivity contribution in [2.75, 3.05) is 0 Å². The second kappa shape index (κ2) is 4.76. The number of aromatic nitrogens is 1. The van der Waals surface area contributed by atoms with E-state index in [9.17, 15) is 9.90 Å². The van der Waals surface area contributed by atoms with E-state index in [-0.39, 0.29) is 17.4 Å². The van der Waals surface area contributed by atoms with E-state index < -0.39 is 5.97 Å². The molecule has 19 heavy (non-hydrogen) atoms. The van der Waals surface area contributed by atoms with Gasteiger partial charge in [-0.25, -0.2) is 4.79 Å². The molecule has 5 nitrogen and oxygen atoms in total. The lowest BCUT2D eigenvalue weighted by atomic mass is 9.92. The lowest BCUT2D eigenvalue weighted by Gasteiger charge is -2.14. The van der Waals surface area contributed by atoms with Gasteiger partial charge in [-0.2, -0.15) is 0 Å². The summed E-state index contributed by atoms with van der Waals surface area (Å²) in [6.07, 6.45) is 0. The molecule has 1 aromatic heterocycles. The minimum absolute atomic E-state index is 0.108. The largest absolute Gasteiger partial charge is 0.507 e. The molecule has 0 spiro atoms. The van der Waals surface area contributed by atoms with Crippen LogP contribution in [0, 0.1) is 6.92 Å². The fraction of sp³-hybridized carbons (Fsp3) is 0.286. The zero-order valence-corrected chi connectivity index (χ0v) is 11.0. The summed E-state index contributed by atoms with van der Waals surface area (Å²) in [5, 5.41) is 22.8. The van der Waals surface area contributed by atoms with E-state index in [1.54, 1.807) is 6.92 Å². The minimum Gasteiger partial charge on any atom is -0.507 e. The van der Waals surface area contributed by atoms with Gasteiger partial charge in [0.1, 0.15) is 11.4 Å². The maximum Gasteiger partial charge on any atom is 0.374 e. The van der Waals surface area contributed by atoms with Crippen LogP contribution < -0.4 is 0 Å².